The van der Waals surface area contributed by atoms with Gasteiger partial charge in [-0.05, 0) is 31.2 Å². The molecule has 0 aliphatic heterocycles. The predicted molar refractivity (Wildman–Crippen MR) is 108 cm³/mol. The molecule has 7 nitrogen and oxygen atoms in total. The molecule has 1 amide bonds. The second-order valence-corrected chi connectivity index (χ2v) is 9.71. The van der Waals surface area contributed by atoms with Crippen molar-refractivity contribution in [2.75, 3.05) is 21.6 Å². The van der Waals surface area contributed by atoms with Crippen LogP contribution in [0.4, 0.5) is 10.8 Å². The van der Waals surface area contributed by atoms with Gasteiger partial charge in [-0.1, -0.05) is 40.8 Å². The molecule has 1 aromatic heterocycles. The first-order valence-corrected chi connectivity index (χ1v) is 11.4. The SMILES string of the molecule is C=CCSc1nnc(NC(=O)[C@H](C)N(c2ccc(Cl)cc2)S(C)(=O)=O)s1. The van der Waals surface area contributed by atoms with E-state index in [0.29, 0.717) is 25.9 Å². The van der Waals surface area contributed by atoms with Gasteiger partial charge in [-0.3, -0.25) is 14.4 Å². The highest BCUT2D eigenvalue weighted by Crippen LogP contribution is 2.27. The van der Waals surface area contributed by atoms with E-state index in [2.05, 4.69) is 22.1 Å². The lowest BCUT2D eigenvalue weighted by atomic mass is 10.2. The van der Waals surface area contributed by atoms with Crippen LogP contribution in [0.1, 0.15) is 6.92 Å². The third kappa shape index (κ3) is 5.44. The smallest absolute Gasteiger partial charge is 0.249 e. The number of anilines is 2. The fraction of sp³-hybridized carbons (Fsp3) is 0.267. The molecule has 2 aromatic rings. The topological polar surface area (TPSA) is 92.3 Å². The number of halogens is 1. The number of carbonyl (C=O) groups excluding carboxylic acids is 1. The number of rotatable bonds is 8. The largest absolute Gasteiger partial charge is 0.299 e. The van der Waals surface area contributed by atoms with Crippen molar-refractivity contribution in [1.29, 1.82) is 0 Å². The quantitative estimate of drug-likeness (QED) is 0.391. The summed E-state index contributed by atoms with van der Waals surface area (Å²) in [6, 6.07) is 5.23. The van der Waals surface area contributed by atoms with E-state index in [0.717, 1.165) is 10.6 Å². The van der Waals surface area contributed by atoms with E-state index < -0.39 is 22.0 Å². The molecule has 0 saturated carbocycles. The summed E-state index contributed by atoms with van der Waals surface area (Å²) in [6.45, 7) is 5.13. The van der Waals surface area contributed by atoms with Crippen LogP contribution in [0, 0.1) is 0 Å². The number of nitrogens with zero attached hydrogens (tertiary/aromatic N) is 3. The minimum Gasteiger partial charge on any atom is -0.299 e. The Balaban J connectivity index is 2.18. The average Bonchev–Trinajstić information content (AvgIpc) is 3.01. The number of carbonyl (C=O) groups is 1. The molecule has 0 aliphatic rings. The van der Waals surface area contributed by atoms with E-state index in [1.54, 1.807) is 30.3 Å². The Morgan fingerprint density at radius 3 is 2.65 bits per heavy atom. The first-order chi connectivity index (χ1) is 12.2. The van der Waals surface area contributed by atoms with Gasteiger partial charge in [0.1, 0.15) is 6.04 Å². The van der Waals surface area contributed by atoms with Crippen molar-refractivity contribution in [2.45, 2.75) is 17.3 Å². The Kier molecular flexibility index (Phi) is 7.04. The van der Waals surface area contributed by atoms with Crippen molar-refractivity contribution < 1.29 is 13.2 Å². The monoisotopic (exact) mass is 432 g/mol. The van der Waals surface area contributed by atoms with Gasteiger partial charge in [0, 0.05) is 10.8 Å². The number of aromatic nitrogens is 2. The lowest BCUT2D eigenvalue weighted by Gasteiger charge is -2.27. The fourth-order valence-corrected chi connectivity index (χ4v) is 4.87. The van der Waals surface area contributed by atoms with Crippen molar-refractivity contribution >= 4 is 61.4 Å². The zero-order chi connectivity index (χ0) is 19.3. The highest BCUT2D eigenvalue weighted by molar-refractivity contribution is 8.01. The zero-order valence-electron chi connectivity index (χ0n) is 14.0. The van der Waals surface area contributed by atoms with Gasteiger partial charge < -0.3 is 0 Å². The number of hydrogen-bond donors (Lipinski definition) is 1. The number of sulfonamides is 1. The number of thioether (sulfide) groups is 1. The first kappa shape index (κ1) is 20.7. The molecule has 0 aliphatic carbocycles. The number of benzene rings is 1. The van der Waals surface area contributed by atoms with Crippen LogP contribution < -0.4 is 9.62 Å². The van der Waals surface area contributed by atoms with Gasteiger partial charge in [0.15, 0.2) is 4.34 Å². The molecular weight excluding hydrogens is 416 g/mol. The summed E-state index contributed by atoms with van der Waals surface area (Å²) in [5.74, 6) is 0.166. The second-order valence-electron chi connectivity index (χ2n) is 5.17. The molecule has 0 spiro atoms. The van der Waals surface area contributed by atoms with Crippen molar-refractivity contribution in [3.8, 4) is 0 Å². The van der Waals surface area contributed by atoms with Gasteiger partial charge in [-0.15, -0.1) is 16.8 Å². The molecule has 1 N–H and O–H groups in total. The molecule has 11 heteroatoms. The molecule has 1 aromatic carbocycles. The van der Waals surface area contributed by atoms with E-state index in [1.165, 1.54) is 30.0 Å². The van der Waals surface area contributed by atoms with Gasteiger partial charge >= 0.3 is 0 Å². The normalized spacial score (nSPS) is 12.4. The summed E-state index contributed by atoms with van der Waals surface area (Å²) in [6.07, 6.45) is 2.78. The second kappa shape index (κ2) is 8.85. The lowest BCUT2D eigenvalue weighted by molar-refractivity contribution is -0.116. The third-order valence-electron chi connectivity index (χ3n) is 3.13. The maximum atomic E-state index is 12.5. The van der Waals surface area contributed by atoms with E-state index in [4.69, 9.17) is 11.6 Å². The average molecular weight is 433 g/mol. The predicted octanol–water partition coefficient (Wildman–Crippen LogP) is 3.26. The van der Waals surface area contributed by atoms with Crippen molar-refractivity contribution in [1.82, 2.24) is 10.2 Å². The highest BCUT2D eigenvalue weighted by Gasteiger charge is 2.29. The van der Waals surface area contributed by atoms with Crippen molar-refractivity contribution in [2.24, 2.45) is 0 Å². The molecule has 0 unspecified atom stereocenters. The summed E-state index contributed by atoms with van der Waals surface area (Å²) in [4.78, 5) is 12.5. The van der Waals surface area contributed by atoms with Crippen LogP contribution in [-0.2, 0) is 14.8 Å². The molecule has 26 heavy (non-hydrogen) atoms. The van der Waals surface area contributed by atoms with Gasteiger partial charge in [0.2, 0.25) is 21.1 Å². The van der Waals surface area contributed by atoms with E-state index in [9.17, 15) is 13.2 Å². The van der Waals surface area contributed by atoms with Crippen LogP contribution >= 0.6 is 34.7 Å². The Labute approximate surface area is 165 Å². The first-order valence-electron chi connectivity index (χ1n) is 7.35. The molecule has 2 rings (SSSR count). The summed E-state index contributed by atoms with van der Waals surface area (Å²) in [7, 11) is -3.69. The van der Waals surface area contributed by atoms with Crippen LogP contribution in [0.25, 0.3) is 0 Å². The minimum absolute atomic E-state index is 0.304. The Hall–Kier alpha value is -1.62. The van der Waals surface area contributed by atoms with Crippen molar-refractivity contribution in [3.63, 3.8) is 0 Å². The summed E-state index contributed by atoms with van der Waals surface area (Å²) in [5, 5.41) is 11.2. The van der Waals surface area contributed by atoms with Gasteiger partial charge in [-0.25, -0.2) is 8.42 Å². The van der Waals surface area contributed by atoms with Gasteiger partial charge in [-0.2, -0.15) is 0 Å². The minimum atomic E-state index is -3.69. The molecule has 0 fully saturated rings. The summed E-state index contributed by atoms with van der Waals surface area (Å²) >= 11 is 8.50. The van der Waals surface area contributed by atoms with E-state index in [-0.39, 0.29) is 0 Å². The Bertz CT molecular complexity index is 884. The van der Waals surface area contributed by atoms with Crippen molar-refractivity contribution in [3.05, 3.63) is 41.9 Å². The summed E-state index contributed by atoms with van der Waals surface area (Å²) < 4.78 is 26.1. The van der Waals surface area contributed by atoms with Gasteiger partial charge in [0.25, 0.3) is 0 Å². The Morgan fingerprint density at radius 1 is 1.42 bits per heavy atom. The van der Waals surface area contributed by atoms with E-state index >= 15 is 0 Å². The molecule has 1 heterocycles. The van der Waals surface area contributed by atoms with E-state index in [1.807, 2.05) is 0 Å². The number of amides is 1. The zero-order valence-corrected chi connectivity index (χ0v) is 17.3. The Morgan fingerprint density at radius 2 is 2.08 bits per heavy atom. The molecule has 0 saturated heterocycles. The molecule has 1 atom stereocenters. The maximum Gasteiger partial charge on any atom is 0.249 e. The standard InChI is InChI=1S/C15H17ClN4O3S3/c1-4-9-24-15-19-18-14(25-15)17-13(21)10(2)20(26(3,22)23)12-7-5-11(16)6-8-12/h4-8,10H,1,9H2,2-3H3,(H,17,18,21)/t10-/m0/s1. The molecule has 140 valence electrons. The van der Waals surface area contributed by atoms with Crippen LogP contribution in [0.2, 0.25) is 5.02 Å². The van der Waals surface area contributed by atoms with Crippen LogP contribution in [0.15, 0.2) is 41.3 Å². The van der Waals surface area contributed by atoms with Gasteiger partial charge in [0.05, 0.1) is 11.9 Å². The molecule has 0 radical (unpaired) electrons. The summed E-state index contributed by atoms with van der Waals surface area (Å²) in [5.41, 5.74) is 0.346. The van der Waals surface area contributed by atoms with Crippen LogP contribution in [0.3, 0.4) is 0 Å². The molecule has 0 bridgehead atoms. The van der Waals surface area contributed by atoms with Crippen LogP contribution in [-0.4, -0.2) is 42.6 Å². The third-order valence-corrected chi connectivity index (χ3v) is 6.59. The molecular formula is C15H17ClN4O3S3. The maximum absolute atomic E-state index is 12.5. The van der Waals surface area contributed by atoms with Crippen LogP contribution in [0.5, 0.6) is 0 Å². The number of hydrogen-bond acceptors (Lipinski definition) is 7. The fourth-order valence-electron chi connectivity index (χ4n) is 2.06. The lowest BCUT2D eigenvalue weighted by Crippen LogP contribution is -2.45. The number of nitrogens with one attached hydrogen (secondary N) is 1. The highest BCUT2D eigenvalue weighted by atomic mass is 35.5.